The first-order valence-corrected chi connectivity index (χ1v) is 7.69. The van der Waals surface area contributed by atoms with Crippen molar-refractivity contribution < 1.29 is 19.8 Å². The van der Waals surface area contributed by atoms with Crippen molar-refractivity contribution in [2.24, 2.45) is 5.92 Å². The van der Waals surface area contributed by atoms with E-state index in [9.17, 15) is 19.5 Å². The van der Waals surface area contributed by atoms with Crippen LogP contribution in [0, 0.1) is 5.92 Å². The van der Waals surface area contributed by atoms with Gasteiger partial charge in [-0.3, -0.25) is 14.2 Å². The summed E-state index contributed by atoms with van der Waals surface area (Å²) in [6.07, 6.45) is 1.67. The number of carbonyl (C=O) groups excluding carboxylic acids is 1. The normalized spacial score (nSPS) is 14.3. The van der Waals surface area contributed by atoms with Gasteiger partial charge in [0.1, 0.15) is 5.65 Å². The predicted molar refractivity (Wildman–Crippen MR) is 83.4 cm³/mol. The molecule has 0 spiro atoms. The van der Waals surface area contributed by atoms with E-state index in [1.807, 2.05) is 13.8 Å². The van der Waals surface area contributed by atoms with Gasteiger partial charge in [0.25, 0.3) is 11.5 Å². The maximum Gasteiger partial charge on any atom is 0.356 e. The number of carboxylic acid groups (broad SMARTS) is 1. The number of aromatic carboxylic acids is 1. The van der Waals surface area contributed by atoms with Crippen molar-refractivity contribution in [1.29, 1.82) is 0 Å². The van der Waals surface area contributed by atoms with Crippen molar-refractivity contribution in [2.75, 3.05) is 0 Å². The van der Waals surface area contributed by atoms with E-state index in [0.29, 0.717) is 0 Å². The van der Waals surface area contributed by atoms with Crippen LogP contribution in [0.4, 0.5) is 0 Å². The van der Waals surface area contributed by atoms with E-state index in [1.165, 1.54) is 10.6 Å². The summed E-state index contributed by atoms with van der Waals surface area (Å²) in [5.41, 5.74) is -1.27. The van der Waals surface area contributed by atoms with Crippen LogP contribution >= 0.6 is 0 Å². The summed E-state index contributed by atoms with van der Waals surface area (Å²) in [5.74, 6) is -2.54. The van der Waals surface area contributed by atoms with E-state index in [0.717, 1.165) is 17.4 Å². The molecular weight excluding hydrogens is 316 g/mol. The number of fused-ring (bicyclic) bond motifs is 1. The van der Waals surface area contributed by atoms with Gasteiger partial charge in [-0.1, -0.05) is 13.8 Å². The molecule has 0 aliphatic heterocycles. The van der Waals surface area contributed by atoms with E-state index in [1.54, 1.807) is 0 Å². The molecule has 1 aliphatic carbocycles. The molecule has 0 bridgehead atoms. The molecule has 2 aromatic heterocycles. The molecule has 1 saturated carbocycles. The summed E-state index contributed by atoms with van der Waals surface area (Å²) in [6.45, 7) is 4.03. The van der Waals surface area contributed by atoms with Gasteiger partial charge in [0.05, 0.1) is 0 Å². The molecule has 9 nitrogen and oxygen atoms in total. The van der Waals surface area contributed by atoms with Gasteiger partial charge in [0, 0.05) is 18.7 Å². The number of carbonyl (C=O) groups is 2. The zero-order valence-electron chi connectivity index (χ0n) is 13.3. The number of hydrogen-bond acceptors (Lipinski definition) is 5. The van der Waals surface area contributed by atoms with Crippen LogP contribution in [0.3, 0.4) is 0 Å². The van der Waals surface area contributed by atoms with Crippen LogP contribution < -0.4 is 10.9 Å². The minimum atomic E-state index is -1.29. The molecule has 9 heteroatoms. The fraction of sp³-hybridized carbons (Fsp3) is 0.467. The number of carboxylic acids is 1. The summed E-state index contributed by atoms with van der Waals surface area (Å²) in [5, 5.41) is 25.9. The molecule has 1 amide bonds. The van der Waals surface area contributed by atoms with Crippen LogP contribution in [0.25, 0.3) is 5.65 Å². The standard InChI is InChI=1S/C15H18N4O5/c1-7(2)6-18-10-5-9(15(23)24)17-19(10)14(22)11(13(18)21)12(20)16-8-3-4-8/h5,7-8,22H,3-4,6H2,1-2H3,(H,16,20)(H,23,24). The third-order valence-corrected chi connectivity index (χ3v) is 3.76. The first-order chi connectivity index (χ1) is 11.3. The average Bonchev–Trinajstić information content (AvgIpc) is 3.17. The molecule has 0 atom stereocenters. The zero-order valence-corrected chi connectivity index (χ0v) is 13.3. The molecule has 0 saturated heterocycles. The molecule has 0 radical (unpaired) electrons. The second-order valence-electron chi connectivity index (χ2n) is 6.36. The monoisotopic (exact) mass is 334 g/mol. The summed E-state index contributed by atoms with van der Waals surface area (Å²) in [7, 11) is 0. The summed E-state index contributed by atoms with van der Waals surface area (Å²) in [6, 6.07) is 1.21. The Morgan fingerprint density at radius 3 is 2.62 bits per heavy atom. The van der Waals surface area contributed by atoms with Crippen LogP contribution in [0.1, 0.15) is 47.5 Å². The van der Waals surface area contributed by atoms with E-state index < -0.39 is 28.9 Å². The Labute approximate surface area is 136 Å². The molecule has 24 heavy (non-hydrogen) atoms. The Balaban J connectivity index is 2.25. The highest BCUT2D eigenvalue weighted by Crippen LogP contribution is 2.22. The molecular formula is C15H18N4O5. The summed E-state index contributed by atoms with van der Waals surface area (Å²) < 4.78 is 2.20. The van der Waals surface area contributed by atoms with E-state index >= 15 is 0 Å². The van der Waals surface area contributed by atoms with Gasteiger partial charge in [-0.15, -0.1) is 0 Å². The second-order valence-corrected chi connectivity index (χ2v) is 6.36. The van der Waals surface area contributed by atoms with E-state index in [2.05, 4.69) is 10.4 Å². The van der Waals surface area contributed by atoms with Gasteiger partial charge in [-0.05, 0) is 18.8 Å². The Morgan fingerprint density at radius 2 is 2.08 bits per heavy atom. The van der Waals surface area contributed by atoms with Crippen molar-refractivity contribution >= 4 is 17.5 Å². The van der Waals surface area contributed by atoms with E-state index in [-0.39, 0.29) is 29.8 Å². The lowest BCUT2D eigenvalue weighted by atomic mass is 10.2. The molecule has 1 fully saturated rings. The van der Waals surface area contributed by atoms with Crippen LogP contribution in [0.2, 0.25) is 0 Å². The number of nitrogens with one attached hydrogen (secondary N) is 1. The van der Waals surface area contributed by atoms with Crippen molar-refractivity contribution in [3.05, 3.63) is 27.7 Å². The second kappa shape index (κ2) is 5.66. The number of hydrogen-bond donors (Lipinski definition) is 3. The third kappa shape index (κ3) is 2.72. The van der Waals surface area contributed by atoms with Crippen molar-refractivity contribution in [3.8, 4) is 5.88 Å². The molecule has 2 aromatic rings. The van der Waals surface area contributed by atoms with Crippen molar-refractivity contribution in [3.63, 3.8) is 0 Å². The summed E-state index contributed by atoms with van der Waals surface area (Å²) >= 11 is 0. The van der Waals surface area contributed by atoms with Gasteiger partial charge in [0.15, 0.2) is 11.3 Å². The average molecular weight is 334 g/mol. The maximum absolute atomic E-state index is 12.7. The molecule has 0 aromatic carbocycles. The number of nitrogens with zero attached hydrogens (tertiary/aromatic N) is 3. The van der Waals surface area contributed by atoms with Crippen LogP contribution in [-0.2, 0) is 6.54 Å². The largest absolute Gasteiger partial charge is 0.492 e. The third-order valence-electron chi connectivity index (χ3n) is 3.76. The van der Waals surface area contributed by atoms with Crippen molar-refractivity contribution in [1.82, 2.24) is 19.5 Å². The number of aromatic hydroxyl groups is 1. The molecule has 128 valence electrons. The smallest absolute Gasteiger partial charge is 0.356 e. The van der Waals surface area contributed by atoms with Crippen LogP contribution in [-0.4, -0.2) is 42.3 Å². The Bertz CT molecular complexity index is 891. The van der Waals surface area contributed by atoms with Gasteiger partial charge in [-0.25, -0.2) is 4.79 Å². The Hall–Kier alpha value is -2.84. The number of amides is 1. The molecule has 3 rings (SSSR count). The Morgan fingerprint density at radius 1 is 1.42 bits per heavy atom. The minimum absolute atomic E-state index is 0.0118. The minimum Gasteiger partial charge on any atom is -0.492 e. The number of rotatable bonds is 5. The van der Waals surface area contributed by atoms with Crippen LogP contribution in [0.5, 0.6) is 5.88 Å². The number of aromatic nitrogens is 3. The lowest BCUT2D eigenvalue weighted by Gasteiger charge is -2.14. The Kier molecular flexibility index (Phi) is 3.78. The molecule has 0 unspecified atom stereocenters. The quantitative estimate of drug-likeness (QED) is 0.729. The van der Waals surface area contributed by atoms with Crippen LogP contribution in [0.15, 0.2) is 10.9 Å². The topological polar surface area (TPSA) is 126 Å². The fourth-order valence-electron chi connectivity index (χ4n) is 2.49. The molecule has 3 N–H and O–H groups in total. The van der Waals surface area contributed by atoms with Gasteiger partial charge < -0.3 is 15.5 Å². The zero-order chi connectivity index (χ0) is 17.6. The van der Waals surface area contributed by atoms with Gasteiger partial charge in [0.2, 0.25) is 5.88 Å². The predicted octanol–water partition coefficient (Wildman–Crippen LogP) is 0.448. The maximum atomic E-state index is 12.7. The van der Waals surface area contributed by atoms with Crippen molar-refractivity contribution in [2.45, 2.75) is 39.3 Å². The highest BCUT2D eigenvalue weighted by molar-refractivity contribution is 5.96. The lowest BCUT2D eigenvalue weighted by Crippen LogP contribution is -2.36. The molecule has 1 aliphatic rings. The highest BCUT2D eigenvalue weighted by Gasteiger charge is 2.29. The van der Waals surface area contributed by atoms with E-state index in [4.69, 9.17) is 5.11 Å². The van der Waals surface area contributed by atoms with Gasteiger partial charge >= 0.3 is 5.97 Å². The fourth-order valence-corrected chi connectivity index (χ4v) is 2.49. The lowest BCUT2D eigenvalue weighted by molar-refractivity contribution is 0.0690. The molecule has 2 heterocycles. The SMILES string of the molecule is CC(C)Cn1c(=O)c(C(=O)NC2CC2)c(O)n2nc(C(=O)O)cc12. The summed E-state index contributed by atoms with van der Waals surface area (Å²) in [4.78, 5) is 36.2. The van der Waals surface area contributed by atoms with Gasteiger partial charge in [-0.2, -0.15) is 9.61 Å². The highest BCUT2D eigenvalue weighted by atomic mass is 16.4. The first-order valence-electron chi connectivity index (χ1n) is 7.69. The first kappa shape index (κ1) is 16.0.